The highest BCUT2D eigenvalue weighted by atomic mass is 35.5. The number of piperazine rings is 1. The Bertz CT molecular complexity index is 777. The average molecular weight is 418 g/mol. The Hall–Kier alpha value is -2.44. The van der Waals surface area contributed by atoms with Crippen molar-refractivity contribution in [2.45, 2.75) is 6.42 Å². The van der Waals surface area contributed by atoms with Crippen molar-refractivity contribution < 1.29 is 14.3 Å². The highest BCUT2D eigenvalue weighted by molar-refractivity contribution is 6.30. The Balaban J connectivity index is 1.28. The molecular formula is C22H28ClN3O3. The molecule has 1 amide bonds. The maximum absolute atomic E-state index is 11.9. The fourth-order valence-electron chi connectivity index (χ4n) is 3.30. The van der Waals surface area contributed by atoms with Crippen LogP contribution in [0, 0.1) is 0 Å². The van der Waals surface area contributed by atoms with Crippen LogP contribution < -0.4 is 19.7 Å². The lowest BCUT2D eigenvalue weighted by Crippen LogP contribution is -2.47. The van der Waals surface area contributed by atoms with Crippen molar-refractivity contribution in [3.63, 3.8) is 0 Å². The van der Waals surface area contributed by atoms with Gasteiger partial charge in [-0.1, -0.05) is 17.7 Å². The van der Waals surface area contributed by atoms with Crippen LogP contribution in [0.5, 0.6) is 11.5 Å². The molecular weight excluding hydrogens is 390 g/mol. The van der Waals surface area contributed by atoms with E-state index in [1.54, 1.807) is 19.2 Å². The molecule has 0 aliphatic carbocycles. The third kappa shape index (κ3) is 6.84. The van der Waals surface area contributed by atoms with E-state index >= 15 is 0 Å². The summed E-state index contributed by atoms with van der Waals surface area (Å²) in [6.07, 6.45) is 0.922. The Morgan fingerprint density at radius 1 is 1.07 bits per heavy atom. The van der Waals surface area contributed by atoms with Crippen LogP contribution in [0.25, 0.3) is 0 Å². The molecule has 7 heteroatoms. The molecule has 29 heavy (non-hydrogen) atoms. The number of hydrogen-bond donors (Lipinski definition) is 1. The van der Waals surface area contributed by atoms with Gasteiger partial charge in [-0.15, -0.1) is 0 Å². The van der Waals surface area contributed by atoms with Gasteiger partial charge in [0, 0.05) is 49.5 Å². The number of carbonyl (C=O) groups excluding carboxylic acids is 1. The van der Waals surface area contributed by atoms with Crippen LogP contribution in [0.1, 0.15) is 6.42 Å². The highest BCUT2D eigenvalue weighted by Gasteiger charge is 2.16. The van der Waals surface area contributed by atoms with E-state index in [-0.39, 0.29) is 12.5 Å². The van der Waals surface area contributed by atoms with Gasteiger partial charge in [0.15, 0.2) is 6.61 Å². The maximum Gasteiger partial charge on any atom is 0.257 e. The van der Waals surface area contributed by atoms with E-state index in [1.807, 2.05) is 24.3 Å². The zero-order chi connectivity index (χ0) is 20.5. The van der Waals surface area contributed by atoms with Crippen LogP contribution in [0.15, 0.2) is 48.5 Å². The number of carbonyl (C=O) groups is 1. The standard InChI is InChI=1S/C22H28ClN3O3/c1-28-20-4-2-5-21(16-20)29-17-22(27)24-10-3-11-25-12-14-26(15-13-25)19-8-6-18(23)7-9-19/h2,4-9,16H,3,10-15,17H2,1H3,(H,24,27). The van der Waals surface area contributed by atoms with Crippen molar-refractivity contribution >= 4 is 23.2 Å². The summed E-state index contributed by atoms with van der Waals surface area (Å²) < 4.78 is 10.6. The Labute approximate surface area is 177 Å². The van der Waals surface area contributed by atoms with E-state index in [4.69, 9.17) is 21.1 Å². The first kappa shape index (κ1) is 21.3. The zero-order valence-electron chi connectivity index (χ0n) is 16.8. The van der Waals surface area contributed by atoms with E-state index in [2.05, 4.69) is 27.2 Å². The van der Waals surface area contributed by atoms with Gasteiger partial charge in [0.1, 0.15) is 11.5 Å². The fourth-order valence-corrected chi connectivity index (χ4v) is 3.43. The van der Waals surface area contributed by atoms with Crippen molar-refractivity contribution in [1.82, 2.24) is 10.2 Å². The lowest BCUT2D eigenvalue weighted by Gasteiger charge is -2.36. The lowest BCUT2D eigenvalue weighted by molar-refractivity contribution is -0.123. The molecule has 2 aromatic carbocycles. The van der Waals surface area contributed by atoms with Gasteiger partial charge in [-0.25, -0.2) is 0 Å². The molecule has 3 rings (SSSR count). The molecule has 1 saturated heterocycles. The minimum Gasteiger partial charge on any atom is -0.497 e. The van der Waals surface area contributed by atoms with E-state index in [9.17, 15) is 4.79 Å². The number of methoxy groups -OCH3 is 1. The number of hydrogen-bond acceptors (Lipinski definition) is 5. The minimum absolute atomic E-state index is 0.00688. The van der Waals surface area contributed by atoms with Gasteiger partial charge >= 0.3 is 0 Å². The van der Waals surface area contributed by atoms with Crippen LogP contribution in [-0.4, -0.2) is 63.8 Å². The first-order chi connectivity index (χ1) is 14.1. The molecule has 0 bridgehead atoms. The summed E-state index contributed by atoms with van der Waals surface area (Å²) in [4.78, 5) is 16.8. The van der Waals surface area contributed by atoms with Crippen molar-refractivity contribution in [1.29, 1.82) is 0 Å². The second-order valence-electron chi connectivity index (χ2n) is 6.98. The van der Waals surface area contributed by atoms with E-state index in [0.29, 0.717) is 18.0 Å². The maximum atomic E-state index is 11.9. The number of halogens is 1. The van der Waals surface area contributed by atoms with Crippen molar-refractivity contribution in [3.05, 3.63) is 53.6 Å². The van der Waals surface area contributed by atoms with Gasteiger partial charge in [-0.3, -0.25) is 9.69 Å². The molecule has 0 atom stereocenters. The third-order valence-electron chi connectivity index (χ3n) is 4.95. The number of nitrogens with zero attached hydrogens (tertiary/aromatic N) is 2. The van der Waals surface area contributed by atoms with Gasteiger partial charge in [0.25, 0.3) is 5.91 Å². The number of anilines is 1. The lowest BCUT2D eigenvalue weighted by atomic mass is 10.2. The number of benzene rings is 2. The summed E-state index contributed by atoms with van der Waals surface area (Å²) in [5, 5.41) is 3.68. The summed E-state index contributed by atoms with van der Waals surface area (Å²) in [5.74, 6) is 1.22. The molecule has 0 spiro atoms. The first-order valence-corrected chi connectivity index (χ1v) is 10.3. The Morgan fingerprint density at radius 3 is 2.52 bits per heavy atom. The average Bonchev–Trinajstić information content (AvgIpc) is 2.76. The summed E-state index contributed by atoms with van der Waals surface area (Å²) in [5.41, 5.74) is 1.22. The van der Waals surface area contributed by atoms with Crippen molar-refractivity contribution in [2.24, 2.45) is 0 Å². The van der Waals surface area contributed by atoms with Crippen LogP contribution in [0.2, 0.25) is 5.02 Å². The highest BCUT2D eigenvalue weighted by Crippen LogP contribution is 2.20. The molecule has 0 unspecified atom stereocenters. The van der Waals surface area contributed by atoms with E-state index in [0.717, 1.165) is 44.2 Å². The minimum atomic E-state index is -0.111. The van der Waals surface area contributed by atoms with Gasteiger partial charge in [0.05, 0.1) is 7.11 Å². The van der Waals surface area contributed by atoms with Gasteiger partial charge in [-0.05, 0) is 49.4 Å². The molecule has 6 nitrogen and oxygen atoms in total. The van der Waals surface area contributed by atoms with Crippen molar-refractivity contribution in [3.8, 4) is 11.5 Å². The fraction of sp³-hybridized carbons (Fsp3) is 0.409. The molecule has 2 aromatic rings. The second kappa shape index (κ2) is 10.9. The summed E-state index contributed by atoms with van der Waals surface area (Å²) in [6, 6.07) is 15.2. The molecule has 1 aliphatic rings. The van der Waals surface area contributed by atoms with Crippen LogP contribution in [0.4, 0.5) is 5.69 Å². The zero-order valence-corrected chi connectivity index (χ0v) is 17.5. The van der Waals surface area contributed by atoms with Crippen LogP contribution in [-0.2, 0) is 4.79 Å². The summed E-state index contributed by atoms with van der Waals surface area (Å²) in [7, 11) is 1.60. The number of amides is 1. The molecule has 1 fully saturated rings. The number of rotatable bonds is 9. The topological polar surface area (TPSA) is 54.0 Å². The molecule has 0 saturated carbocycles. The third-order valence-corrected chi connectivity index (χ3v) is 5.20. The first-order valence-electron chi connectivity index (χ1n) is 9.90. The molecule has 1 N–H and O–H groups in total. The van der Waals surface area contributed by atoms with E-state index in [1.165, 1.54) is 5.69 Å². The molecule has 0 aromatic heterocycles. The number of ether oxygens (including phenoxy) is 2. The SMILES string of the molecule is COc1cccc(OCC(=O)NCCCN2CCN(c3ccc(Cl)cc3)CC2)c1. The predicted octanol–water partition coefficient (Wildman–Crippen LogP) is 3.06. The van der Waals surface area contributed by atoms with Crippen LogP contribution in [0.3, 0.4) is 0 Å². The Kier molecular flexibility index (Phi) is 8.02. The molecule has 0 radical (unpaired) electrons. The van der Waals surface area contributed by atoms with Crippen molar-refractivity contribution in [2.75, 3.05) is 57.9 Å². The second-order valence-corrected chi connectivity index (χ2v) is 7.41. The molecule has 1 aliphatic heterocycles. The van der Waals surface area contributed by atoms with Gasteiger partial charge in [-0.2, -0.15) is 0 Å². The Morgan fingerprint density at radius 2 is 1.79 bits per heavy atom. The summed E-state index contributed by atoms with van der Waals surface area (Å²) in [6.45, 7) is 5.69. The summed E-state index contributed by atoms with van der Waals surface area (Å²) >= 11 is 5.96. The van der Waals surface area contributed by atoms with Gasteiger partial charge < -0.3 is 19.7 Å². The number of nitrogens with one attached hydrogen (secondary N) is 1. The molecule has 156 valence electrons. The quantitative estimate of drug-likeness (QED) is 0.635. The normalized spacial score (nSPS) is 14.5. The van der Waals surface area contributed by atoms with Gasteiger partial charge in [0.2, 0.25) is 0 Å². The smallest absolute Gasteiger partial charge is 0.257 e. The molecule has 1 heterocycles. The van der Waals surface area contributed by atoms with Crippen LogP contribution >= 0.6 is 11.6 Å². The predicted molar refractivity (Wildman–Crippen MR) is 116 cm³/mol. The largest absolute Gasteiger partial charge is 0.497 e. The monoisotopic (exact) mass is 417 g/mol. The van der Waals surface area contributed by atoms with E-state index < -0.39 is 0 Å².